The third-order valence-corrected chi connectivity index (χ3v) is 2.84. The molecular formula is C11H10BrFN2. The molecule has 1 heterocycles. The van der Waals surface area contributed by atoms with E-state index >= 15 is 0 Å². The minimum atomic E-state index is -0.241. The van der Waals surface area contributed by atoms with Crippen LogP contribution in [0.2, 0.25) is 0 Å². The summed E-state index contributed by atoms with van der Waals surface area (Å²) in [5, 5.41) is 0. The topological polar surface area (TPSA) is 17.8 Å². The standard InChI is InChI=1S/C11H10BrFN2/c1-2-15-10(12)7-14-11(15)8-4-3-5-9(13)6-8/h3-7H,2H2,1H3. The van der Waals surface area contributed by atoms with Gasteiger partial charge < -0.3 is 4.57 Å². The van der Waals surface area contributed by atoms with Gasteiger partial charge in [0.15, 0.2) is 0 Å². The largest absolute Gasteiger partial charge is 0.319 e. The van der Waals surface area contributed by atoms with Crippen LogP contribution in [0.4, 0.5) is 4.39 Å². The van der Waals surface area contributed by atoms with E-state index in [1.54, 1.807) is 12.3 Å². The van der Waals surface area contributed by atoms with E-state index in [0.717, 1.165) is 22.5 Å². The molecule has 0 fully saturated rings. The molecule has 0 saturated heterocycles. The SMILES string of the molecule is CCn1c(Br)cnc1-c1cccc(F)c1. The third-order valence-electron chi connectivity index (χ3n) is 2.21. The maximum absolute atomic E-state index is 13.0. The highest BCUT2D eigenvalue weighted by Gasteiger charge is 2.08. The van der Waals surface area contributed by atoms with Crippen LogP contribution in [0, 0.1) is 5.82 Å². The second-order valence-corrected chi connectivity index (χ2v) is 3.97. The molecule has 0 aliphatic heterocycles. The van der Waals surface area contributed by atoms with Crippen molar-refractivity contribution in [2.75, 3.05) is 0 Å². The second-order valence-electron chi connectivity index (χ2n) is 3.16. The number of benzene rings is 1. The van der Waals surface area contributed by atoms with Gasteiger partial charge in [0.2, 0.25) is 0 Å². The third kappa shape index (κ3) is 1.95. The minimum Gasteiger partial charge on any atom is -0.319 e. The monoisotopic (exact) mass is 268 g/mol. The molecule has 1 aromatic heterocycles. The van der Waals surface area contributed by atoms with Gasteiger partial charge in [-0.25, -0.2) is 9.37 Å². The Kier molecular flexibility index (Phi) is 2.86. The molecule has 1 aromatic carbocycles. The average Bonchev–Trinajstić information content (AvgIpc) is 2.59. The van der Waals surface area contributed by atoms with Crippen LogP contribution in [-0.4, -0.2) is 9.55 Å². The Morgan fingerprint density at radius 2 is 2.27 bits per heavy atom. The van der Waals surface area contributed by atoms with E-state index in [9.17, 15) is 4.39 Å². The van der Waals surface area contributed by atoms with Crippen LogP contribution in [0.5, 0.6) is 0 Å². The molecule has 0 atom stereocenters. The van der Waals surface area contributed by atoms with Crippen molar-refractivity contribution in [3.8, 4) is 11.4 Å². The summed E-state index contributed by atoms with van der Waals surface area (Å²) in [6.07, 6.45) is 1.73. The smallest absolute Gasteiger partial charge is 0.140 e. The number of hydrogen-bond donors (Lipinski definition) is 0. The first kappa shape index (κ1) is 10.4. The van der Waals surface area contributed by atoms with Crippen LogP contribution < -0.4 is 0 Å². The number of nitrogens with zero attached hydrogens (tertiary/aromatic N) is 2. The van der Waals surface area contributed by atoms with Crippen molar-refractivity contribution in [3.05, 3.63) is 40.9 Å². The zero-order valence-electron chi connectivity index (χ0n) is 8.24. The van der Waals surface area contributed by atoms with E-state index in [1.165, 1.54) is 12.1 Å². The lowest BCUT2D eigenvalue weighted by Crippen LogP contribution is -1.97. The molecule has 0 saturated carbocycles. The Morgan fingerprint density at radius 1 is 1.47 bits per heavy atom. The molecule has 0 aliphatic rings. The molecule has 15 heavy (non-hydrogen) atoms. The van der Waals surface area contributed by atoms with Crippen molar-refractivity contribution >= 4 is 15.9 Å². The fourth-order valence-corrected chi connectivity index (χ4v) is 2.03. The molecule has 0 amide bonds. The Labute approximate surface area is 95.9 Å². The van der Waals surface area contributed by atoms with Gasteiger partial charge >= 0.3 is 0 Å². The zero-order valence-corrected chi connectivity index (χ0v) is 9.83. The Balaban J connectivity index is 2.54. The summed E-state index contributed by atoms with van der Waals surface area (Å²) < 4.78 is 15.9. The van der Waals surface area contributed by atoms with E-state index < -0.39 is 0 Å². The highest BCUT2D eigenvalue weighted by atomic mass is 79.9. The lowest BCUT2D eigenvalue weighted by atomic mass is 10.2. The Morgan fingerprint density at radius 3 is 2.93 bits per heavy atom. The quantitative estimate of drug-likeness (QED) is 0.816. The van der Waals surface area contributed by atoms with Crippen molar-refractivity contribution in [3.63, 3.8) is 0 Å². The first-order chi connectivity index (χ1) is 7.22. The molecule has 4 heteroatoms. The van der Waals surface area contributed by atoms with Gasteiger partial charge in [0.25, 0.3) is 0 Å². The van der Waals surface area contributed by atoms with Crippen molar-refractivity contribution in [1.29, 1.82) is 0 Å². The normalized spacial score (nSPS) is 10.6. The summed E-state index contributed by atoms with van der Waals surface area (Å²) in [7, 11) is 0. The average molecular weight is 269 g/mol. The number of aromatic nitrogens is 2. The first-order valence-electron chi connectivity index (χ1n) is 4.69. The van der Waals surface area contributed by atoms with Crippen LogP contribution >= 0.6 is 15.9 Å². The summed E-state index contributed by atoms with van der Waals surface area (Å²) in [6.45, 7) is 2.82. The summed E-state index contributed by atoms with van der Waals surface area (Å²) in [5.41, 5.74) is 0.794. The summed E-state index contributed by atoms with van der Waals surface area (Å²) in [4.78, 5) is 4.25. The van der Waals surface area contributed by atoms with Gasteiger partial charge in [-0.15, -0.1) is 0 Å². The van der Waals surface area contributed by atoms with Gasteiger partial charge in [-0.1, -0.05) is 12.1 Å². The van der Waals surface area contributed by atoms with Gasteiger partial charge in [-0.3, -0.25) is 0 Å². The number of halogens is 2. The number of rotatable bonds is 2. The molecule has 0 radical (unpaired) electrons. The van der Waals surface area contributed by atoms with Gasteiger partial charge in [-0.05, 0) is 35.0 Å². The zero-order chi connectivity index (χ0) is 10.8. The van der Waals surface area contributed by atoms with E-state index in [4.69, 9.17) is 0 Å². The van der Waals surface area contributed by atoms with Crippen LogP contribution in [0.25, 0.3) is 11.4 Å². The van der Waals surface area contributed by atoms with Gasteiger partial charge in [-0.2, -0.15) is 0 Å². The fraction of sp³-hybridized carbons (Fsp3) is 0.182. The molecule has 2 rings (SSSR count). The molecule has 0 N–H and O–H groups in total. The summed E-state index contributed by atoms with van der Waals surface area (Å²) in [6, 6.07) is 6.45. The molecule has 78 valence electrons. The van der Waals surface area contributed by atoms with Crippen molar-refractivity contribution in [2.45, 2.75) is 13.5 Å². The molecule has 2 aromatic rings. The Hall–Kier alpha value is -1.16. The fourth-order valence-electron chi connectivity index (χ4n) is 1.51. The highest BCUT2D eigenvalue weighted by Crippen LogP contribution is 2.23. The lowest BCUT2D eigenvalue weighted by Gasteiger charge is -2.05. The maximum atomic E-state index is 13.0. The molecule has 0 unspecified atom stereocenters. The summed E-state index contributed by atoms with van der Waals surface area (Å²) >= 11 is 3.40. The first-order valence-corrected chi connectivity index (χ1v) is 5.48. The van der Waals surface area contributed by atoms with Crippen molar-refractivity contribution < 1.29 is 4.39 Å². The van der Waals surface area contributed by atoms with Gasteiger partial charge in [0.1, 0.15) is 16.2 Å². The molecule has 0 spiro atoms. The summed E-state index contributed by atoms with van der Waals surface area (Å²) in [5.74, 6) is 0.540. The van der Waals surface area contributed by atoms with E-state index in [1.807, 2.05) is 17.6 Å². The van der Waals surface area contributed by atoms with Crippen LogP contribution in [0.15, 0.2) is 35.1 Å². The number of hydrogen-bond acceptors (Lipinski definition) is 1. The minimum absolute atomic E-state index is 0.241. The van der Waals surface area contributed by atoms with Gasteiger partial charge in [0.05, 0.1) is 6.20 Å². The van der Waals surface area contributed by atoms with E-state index in [0.29, 0.717) is 0 Å². The van der Waals surface area contributed by atoms with Gasteiger partial charge in [0, 0.05) is 12.1 Å². The van der Waals surface area contributed by atoms with Crippen molar-refractivity contribution in [2.24, 2.45) is 0 Å². The van der Waals surface area contributed by atoms with E-state index in [-0.39, 0.29) is 5.82 Å². The lowest BCUT2D eigenvalue weighted by molar-refractivity contribution is 0.628. The van der Waals surface area contributed by atoms with Crippen LogP contribution in [0.1, 0.15) is 6.92 Å². The molecule has 0 aliphatic carbocycles. The molecular weight excluding hydrogens is 259 g/mol. The van der Waals surface area contributed by atoms with Crippen molar-refractivity contribution in [1.82, 2.24) is 9.55 Å². The van der Waals surface area contributed by atoms with E-state index in [2.05, 4.69) is 20.9 Å². The van der Waals surface area contributed by atoms with Crippen LogP contribution in [-0.2, 0) is 6.54 Å². The molecule has 0 bridgehead atoms. The Bertz CT molecular complexity index is 479. The highest BCUT2D eigenvalue weighted by molar-refractivity contribution is 9.10. The molecule has 2 nitrogen and oxygen atoms in total. The maximum Gasteiger partial charge on any atom is 0.140 e. The van der Waals surface area contributed by atoms with Crippen LogP contribution in [0.3, 0.4) is 0 Å². The number of imidazole rings is 1. The predicted octanol–water partition coefficient (Wildman–Crippen LogP) is 3.47. The second kappa shape index (κ2) is 4.14. The predicted molar refractivity (Wildman–Crippen MR) is 61.0 cm³/mol.